The Hall–Kier alpha value is -2.49. The second-order valence-corrected chi connectivity index (χ2v) is 11.4. The van der Waals surface area contributed by atoms with E-state index in [1.807, 2.05) is 48.2 Å². The maximum atomic E-state index is 15.2. The van der Waals surface area contributed by atoms with E-state index in [2.05, 4.69) is 0 Å². The lowest BCUT2D eigenvalue weighted by Crippen LogP contribution is -2.51. The molecule has 2 fully saturated rings. The smallest absolute Gasteiger partial charge is 0.251 e. The summed E-state index contributed by atoms with van der Waals surface area (Å²) in [4.78, 5) is 16.1. The van der Waals surface area contributed by atoms with Gasteiger partial charge < -0.3 is 14.5 Å². The third-order valence-electron chi connectivity index (χ3n) is 7.22. The molecule has 0 saturated carbocycles. The molecule has 35 heavy (non-hydrogen) atoms. The van der Waals surface area contributed by atoms with Crippen LogP contribution in [0.2, 0.25) is 0 Å². The monoisotopic (exact) mass is 503 g/mol. The van der Waals surface area contributed by atoms with Crippen LogP contribution < -0.4 is 4.90 Å². The number of halogens is 1. The van der Waals surface area contributed by atoms with Crippen LogP contribution in [0.25, 0.3) is 0 Å². The summed E-state index contributed by atoms with van der Waals surface area (Å²) >= 11 is 0. The van der Waals surface area contributed by atoms with Gasteiger partial charge >= 0.3 is 0 Å². The van der Waals surface area contributed by atoms with E-state index in [1.165, 1.54) is 17.5 Å². The topological polar surface area (TPSA) is 70.2 Å². The molecule has 0 radical (unpaired) electrons. The maximum Gasteiger partial charge on any atom is 0.251 e. The molecular weight excluding hydrogens is 469 g/mol. The van der Waals surface area contributed by atoms with Crippen molar-refractivity contribution in [2.24, 2.45) is 0 Å². The number of benzene rings is 2. The Morgan fingerprint density at radius 2 is 1.77 bits per heavy atom. The number of methoxy groups -OCH3 is 1. The van der Waals surface area contributed by atoms with Gasteiger partial charge in [0.25, 0.3) is 5.91 Å². The van der Waals surface area contributed by atoms with Gasteiger partial charge in [-0.2, -0.15) is 4.31 Å². The van der Waals surface area contributed by atoms with Crippen LogP contribution in [0.1, 0.15) is 43.1 Å². The lowest BCUT2D eigenvalue weighted by molar-refractivity contribution is -0.141. The van der Waals surface area contributed by atoms with E-state index < -0.39 is 27.2 Å². The molecule has 0 bridgehead atoms. The minimum Gasteiger partial charge on any atom is -0.372 e. The van der Waals surface area contributed by atoms with Gasteiger partial charge in [-0.05, 0) is 44.4 Å². The first-order valence-corrected chi connectivity index (χ1v) is 13.6. The Bertz CT molecular complexity index is 1140. The van der Waals surface area contributed by atoms with Gasteiger partial charge in [-0.15, -0.1) is 0 Å². The summed E-state index contributed by atoms with van der Waals surface area (Å²) in [5.41, 5.74) is 1.87. The fraction of sp³-hybridized carbons (Fsp3) is 0.500. The molecule has 9 heteroatoms. The molecule has 0 aliphatic carbocycles. The molecule has 2 saturated heterocycles. The highest BCUT2D eigenvalue weighted by molar-refractivity contribution is 7.89. The molecule has 0 N–H and O–H groups in total. The number of rotatable bonds is 6. The van der Waals surface area contributed by atoms with Crippen LogP contribution in [0.4, 0.5) is 10.1 Å². The summed E-state index contributed by atoms with van der Waals surface area (Å²) in [6.07, 6.45) is 0.805. The summed E-state index contributed by atoms with van der Waals surface area (Å²) in [5, 5.41) is -0.609. The zero-order valence-electron chi connectivity index (χ0n) is 20.6. The number of piperazine rings is 1. The second-order valence-electron chi connectivity index (χ2n) is 9.38. The van der Waals surface area contributed by atoms with Crippen molar-refractivity contribution in [1.82, 2.24) is 9.21 Å². The fourth-order valence-electron chi connectivity index (χ4n) is 4.92. The third kappa shape index (κ3) is 5.37. The Morgan fingerprint density at radius 1 is 1.09 bits per heavy atom. The van der Waals surface area contributed by atoms with Crippen LogP contribution >= 0.6 is 0 Å². The van der Waals surface area contributed by atoms with Crippen molar-refractivity contribution in [2.75, 3.05) is 38.2 Å². The second kappa shape index (κ2) is 10.6. The normalized spacial score (nSPS) is 23.8. The Balaban J connectivity index is 1.46. The molecule has 4 rings (SSSR count). The van der Waals surface area contributed by atoms with E-state index in [9.17, 15) is 13.2 Å². The van der Waals surface area contributed by atoms with Gasteiger partial charge in [0.1, 0.15) is 17.2 Å². The molecular formula is C26H34FN3O4S. The molecule has 3 unspecified atom stereocenters. The summed E-state index contributed by atoms with van der Waals surface area (Å²) in [6.45, 7) is 5.90. The number of carbonyl (C=O) groups is 1. The van der Waals surface area contributed by atoms with Crippen molar-refractivity contribution < 1.29 is 22.3 Å². The largest absolute Gasteiger partial charge is 0.372 e. The molecule has 0 spiro atoms. The third-order valence-corrected chi connectivity index (χ3v) is 9.59. The van der Waals surface area contributed by atoms with Crippen molar-refractivity contribution in [3.63, 3.8) is 0 Å². The summed E-state index contributed by atoms with van der Waals surface area (Å²) in [5.74, 6) is -0.461. The highest BCUT2D eigenvalue weighted by Gasteiger charge is 2.40. The minimum atomic E-state index is -3.63. The molecule has 0 aromatic heterocycles. The van der Waals surface area contributed by atoms with Gasteiger partial charge in [-0.1, -0.05) is 36.4 Å². The molecule has 2 aliphatic rings. The van der Waals surface area contributed by atoms with E-state index >= 15 is 4.39 Å². The van der Waals surface area contributed by atoms with Crippen LogP contribution in [0.5, 0.6) is 0 Å². The quantitative estimate of drug-likeness (QED) is 0.603. The maximum absolute atomic E-state index is 15.2. The first-order valence-electron chi connectivity index (χ1n) is 12.1. The number of sulfonamides is 1. The summed E-state index contributed by atoms with van der Waals surface area (Å²) < 4.78 is 48.7. The zero-order chi connectivity index (χ0) is 25.2. The molecule has 7 nitrogen and oxygen atoms in total. The Kier molecular flexibility index (Phi) is 7.78. The molecule has 2 aromatic carbocycles. The van der Waals surface area contributed by atoms with Crippen LogP contribution in [-0.2, 0) is 26.1 Å². The van der Waals surface area contributed by atoms with Crippen molar-refractivity contribution in [1.29, 1.82) is 0 Å². The van der Waals surface area contributed by atoms with Gasteiger partial charge in [-0.25, -0.2) is 12.8 Å². The number of hydrogen-bond acceptors (Lipinski definition) is 5. The lowest BCUT2D eigenvalue weighted by Gasteiger charge is -2.38. The zero-order valence-corrected chi connectivity index (χ0v) is 21.4. The molecule has 2 aromatic rings. The van der Waals surface area contributed by atoms with E-state index in [1.54, 1.807) is 17.9 Å². The number of anilines is 1. The van der Waals surface area contributed by atoms with Gasteiger partial charge in [0.05, 0.1) is 0 Å². The molecule has 2 heterocycles. The van der Waals surface area contributed by atoms with E-state index in [0.717, 1.165) is 17.7 Å². The standard InChI is InChI=1S/C26H34FN3O4S/c1-19-9-12-25(21-7-5-4-6-8-21)35(32,33)30(19)18-22-10-11-23(17-24(22)27)28-13-15-29(16-14-28)26(31)20(2)34-3/h4-8,10-11,17,19-20,25H,9,12-16,18H2,1-3H3. The van der Waals surface area contributed by atoms with Crippen molar-refractivity contribution in [3.8, 4) is 0 Å². The molecule has 3 atom stereocenters. The van der Waals surface area contributed by atoms with Gasteiger partial charge in [0.2, 0.25) is 10.0 Å². The first-order chi connectivity index (χ1) is 16.7. The van der Waals surface area contributed by atoms with Crippen molar-refractivity contribution in [3.05, 3.63) is 65.5 Å². The molecule has 2 aliphatic heterocycles. The van der Waals surface area contributed by atoms with Gasteiger partial charge in [0.15, 0.2) is 0 Å². The lowest BCUT2D eigenvalue weighted by atomic mass is 10.0. The number of hydrogen-bond donors (Lipinski definition) is 0. The summed E-state index contributed by atoms with van der Waals surface area (Å²) in [7, 11) is -2.11. The number of carbonyl (C=O) groups excluding carboxylic acids is 1. The predicted molar refractivity (Wildman–Crippen MR) is 134 cm³/mol. The number of amides is 1. The number of ether oxygens (including phenoxy) is 1. The van der Waals surface area contributed by atoms with Crippen LogP contribution in [0.3, 0.4) is 0 Å². The van der Waals surface area contributed by atoms with Crippen molar-refractivity contribution >= 4 is 21.6 Å². The van der Waals surface area contributed by atoms with Gasteiger partial charge in [-0.3, -0.25) is 4.79 Å². The number of nitrogens with zero attached hydrogens (tertiary/aromatic N) is 3. The van der Waals surface area contributed by atoms with Crippen LogP contribution in [0, 0.1) is 5.82 Å². The minimum absolute atomic E-state index is 0.0101. The SMILES string of the molecule is COC(C)C(=O)N1CCN(c2ccc(CN3C(C)CCC(c4ccccc4)S3(=O)=O)c(F)c2)CC1. The van der Waals surface area contributed by atoms with E-state index in [-0.39, 0.29) is 18.5 Å². The average molecular weight is 504 g/mol. The highest BCUT2D eigenvalue weighted by atomic mass is 32.2. The van der Waals surface area contributed by atoms with Crippen molar-refractivity contribution in [2.45, 2.75) is 50.6 Å². The van der Waals surface area contributed by atoms with Gasteiger partial charge in [0, 0.05) is 57.1 Å². The summed E-state index contributed by atoms with van der Waals surface area (Å²) in [6, 6.07) is 14.0. The van der Waals surface area contributed by atoms with E-state index in [0.29, 0.717) is 38.2 Å². The Morgan fingerprint density at radius 3 is 2.40 bits per heavy atom. The Labute approximate surface area is 207 Å². The average Bonchev–Trinajstić information content (AvgIpc) is 2.86. The highest BCUT2D eigenvalue weighted by Crippen LogP contribution is 2.38. The molecule has 1 amide bonds. The molecule has 190 valence electrons. The fourth-order valence-corrected chi connectivity index (χ4v) is 7.11. The van der Waals surface area contributed by atoms with Crippen LogP contribution in [-0.4, -0.2) is 69.0 Å². The first kappa shape index (κ1) is 25.6. The predicted octanol–water partition coefficient (Wildman–Crippen LogP) is 3.56. The van der Waals surface area contributed by atoms with Crippen LogP contribution in [0.15, 0.2) is 48.5 Å². The van der Waals surface area contributed by atoms with E-state index in [4.69, 9.17) is 4.74 Å².